The van der Waals surface area contributed by atoms with Crippen LogP contribution in [0.1, 0.15) is 19.4 Å². The zero-order valence-electron chi connectivity index (χ0n) is 10.8. The minimum Gasteiger partial charge on any atom is -0.352 e. The lowest BCUT2D eigenvalue weighted by Gasteiger charge is -2.20. The van der Waals surface area contributed by atoms with Crippen LogP contribution in [0.3, 0.4) is 0 Å². The average molecular weight is 305 g/mol. The largest absolute Gasteiger partial charge is 0.352 e. The van der Waals surface area contributed by atoms with Crippen molar-refractivity contribution < 1.29 is 13.2 Å². The summed E-state index contributed by atoms with van der Waals surface area (Å²) in [7, 11) is -3.68. The van der Waals surface area contributed by atoms with Crippen molar-refractivity contribution in [1.29, 1.82) is 0 Å². The monoisotopic (exact) mass is 304 g/mol. The van der Waals surface area contributed by atoms with Crippen LogP contribution < -0.4 is 10.5 Å². The highest BCUT2D eigenvalue weighted by molar-refractivity contribution is 7.89. The number of halogens is 1. The van der Waals surface area contributed by atoms with Crippen LogP contribution in [0, 0.1) is 5.41 Å². The predicted molar refractivity (Wildman–Crippen MR) is 74.2 cm³/mol. The molecule has 0 saturated heterocycles. The molecule has 0 bridgehead atoms. The molecule has 7 heteroatoms. The third-order valence-corrected chi connectivity index (χ3v) is 4.25. The SMILES string of the molecule is CC(C)(CCl)C(=O)NCc1ccc(S(N)(=O)=O)cc1. The number of hydrogen-bond acceptors (Lipinski definition) is 3. The molecule has 1 amide bonds. The van der Waals surface area contributed by atoms with E-state index in [1.165, 1.54) is 12.1 Å². The zero-order valence-corrected chi connectivity index (χ0v) is 12.4. The fourth-order valence-electron chi connectivity index (χ4n) is 1.28. The van der Waals surface area contributed by atoms with Gasteiger partial charge < -0.3 is 5.32 Å². The summed E-state index contributed by atoms with van der Waals surface area (Å²) >= 11 is 5.70. The van der Waals surface area contributed by atoms with Gasteiger partial charge in [-0.3, -0.25) is 4.79 Å². The Morgan fingerprint density at radius 3 is 2.26 bits per heavy atom. The van der Waals surface area contributed by atoms with Crippen LogP contribution >= 0.6 is 11.6 Å². The van der Waals surface area contributed by atoms with Crippen molar-refractivity contribution in [3.63, 3.8) is 0 Å². The fourth-order valence-corrected chi connectivity index (χ4v) is 1.92. The summed E-state index contributed by atoms with van der Waals surface area (Å²) in [5, 5.41) is 7.74. The number of carbonyl (C=O) groups is 1. The number of nitrogens with one attached hydrogen (secondary N) is 1. The van der Waals surface area contributed by atoms with E-state index in [9.17, 15) is 13.2 Å². The Morgan fingerprint density at radius 2 is 1.84 bits per heavy atom. The maximum absolute atomic E-state index is 11.8. The molecule has 0 saturated carbocycles. The summed E-state index contributed by atoms with van der Waals surface area (Å²) in [6.07, 6.45) is 0. The molecule has 19 heavy (non-hydrogen) atoms. The molecule has 5 nitrogen and oxygen atoms in total. The molecule has 0 atom stereocenters. The Bertz CT molecular complexity index is 553. The number of primary sulfonamides is 1. The molecular formula is C12H17ClN2O3S. The Morgan fingerprint density at radius 1 is 1.32 bits per heavy atom. The van der Waals surface area contributed by atoms with E-state index in [0.29, 0.717) is 6.54 Å². The zero-order chi connectivity index (χ0) is 14.7. The molecule has 0 fully saturated rings. The van der Waals surface area contributed by atoms with Gasteiger partial charge in [-0.25, -0.2) is 13.6 Å². The smallest absolute Gasteiger partial charge is 0.238 e. The van der Waals surface area contributed by atoms with Gasteiger partial charge in [-0.2, -0.15) is 0 Å². The van der Waals surface area contributed by atoms with Crippen molar-refractivity contribution in [3.05, 3.63) is 29.8 Å². The third kappa shape index (κ3) is 4.49. The van der Waals surface area contributed by atoms with Crippen LogP contribution in [0.25, 0.3) is 0 Å². The van der Waals surface area contributed by atoms with Gasteiger partial charge >= 0.3 is 0 Å². The van der Waals surface area contributed by atoms with Gasteiger partial charge in [0.05, 0.1) is 10.3 Å². The Hall–Kier alpha value is -1.11. The van der Waals surface area contributed by atoms with Gasteiger partial charge in [0.2, 0.25) is 15.9 Å². The summed E-state index contributed by atoms with van der Waals surface area (Å²) < 4.78 is 22.1. The van der Waals surface area contributed by atoms with E-state index >= 15 is 0 Å². The number of nitrogens with two attached hydrogens (primary N) is 1. The molecule has 0 aliphatic rings. The van der Waals surface area contributed by atoms with Crippen LogP contribution in [0.5, 0.6) is 0 Å². The van der Waals surface area contributed by atoms with Crippen molar-refractivity contribution >= 4 is 27.5 Å². The summed E-state index contributed by atoms with van der Waals surface area (Å²) in [5.74, 6) is 0.0708. The van der Waals surface area contributed by atoms with Crippen molar-refractivity contribution in [3.8, 4) is 0 Å². The molecule has 0 spiro atoms. The van der Waals surface area contributed by atoms with E-state index in [0.717, 1.165) is 5.56 Å². The molecule has 1 aromatic carbocycles. The number of amides is 1. The summed E-state index contributed by atoms with van der Waals surface area (Å²) in [4.78, 5) is 11.8. The Labute approximate surface area is 118 Å². The number of rotatable bonds is 5. The van der Waals surface area contributed by atoms with Crippen molar-refractivity contribution in [2.75, 3.05) is 5.88 Å². The summed E-state index contributed by atoms with van der Waals surface area (Å²) in [6.45, 7) is 3.81. The molecule has 1 aromatic rings. The van der Waals surface area contributed by atoms with E-state index < -0.39 is 15.4 Å². The van der Waals surface area contributed by atoms with Crippen LogP contribution in [0.2, 0.25) is 0 Å². The normalized spacial score (nSPS) is 12.2. The minimum absolute atomic E-state index is 0.0451. The minimum atomic E-state index is -3.68. The molecule has 0 heterocycles. The Kier molecular flexibility index (Phi) is 4.95. The van der Waals surface area contributed by atoms with Crippen molar-refractivity contribution in [2.45, 2.75) is 25.3 Å². The van der Waals surface area contributed by atoms with E-state index in [4.69, 9.17) is 16.7 Å². The van der Waals surface area contributed by atoms with Crippen molar-refractivity contribution in [2.24, 2.45) is 10.6 Å². The second kappa shape index (κ2) is 5.90. The van der Waals surface area contributed by atoms with Gasteiger partial charge in [-0.15, -0.1) is 11.6 Å². The molecule has 1 rings (SSSR count). The summed E-state index contributed by atoms with van der Waals surface area (Å²) in [6, 6.07) is 6.02. The molecule has 0 unspecified atom stereocenters. The molecule has 3 N–H and O–H groups in total. The average Bonchev–Trinajstić information content (AvgIpc) is 2.35. The van der Waals surface area contributed by atoms with Gasteiger partial charge in [0.15, 0.2) is 0 Å². The predicted octanol–water partition coefficient (Wildman–Crippen LogP) is 1.22. The highest BCUT2D eigenvalue weighted by atomic mass is 35.5. The maximum atomic E-state index is 11.8. The molecule has 0 aliphatic heterocycles. The first-order valence-electron chi connectivity index (χ1n) is 5.63. The fraction of sp³-hybridized carbons (Fsp3) is 0.417. The van der Waals surface area contributed by atoms with E-state index in [1.807, 2.05) is 0 Å². The van der Waals surface area contributed by atoms with Crippen molar-refractivity contribution in [1.82, 2.24) is 5.32 Å². The first-order chi connectivity index (χ1) is 8.66. The van der Waals surface area contributed by atoms with E-state index in [-0.39, 0.29) is 16.7 Å². The topological polar surface area (TPSA) is 89.3 Å². The van der Waals surface area contributed by atoms with Crippen LogP contribution in [-0.2, 0) is 21.4 Å². The molecule has 106 valence electrons. The van der Waals surface area contributed by atoms with Gasteiger partial charge in [0, 0.05) is 12.4 Å². The van der Waals surface area contributed by atoms with Gasteiger partial charge in [-0.05, 0) is 31.5 Å². The lowest BCUT2D eigenvalue weighted by molar-refractivity contribution is -0.128. The third-order valence-electron chi connectivity index (χ3n) is 2.65. The van der Waals surface area contributed by atoms with Gasteiger partial charge in [0.25, 0.3) is 0 Å². The molecule has 0 aromatic heterocycles. The number of alkyl halides is 1. The summed E-state index contributed by atoms with van der Waals surface area (Å²) in [5.41, 5.74) is 0.147. The maximum Gasteiger partial charge on any atom is 0.238 e. The standard InChI is InChI=1S/C12H17ClN2O3S/c1-12(2,8-13)11(16)15-7-9-3-5-10(6-4-9)19(14,17)18/h3-6H,7-8H2,1-2H3,(H,15,16)(H2,14,17,18). The number of sulfonamides is 1. The second-order valence-electron chi connectivity index (χ2n) is 4.89. The highest BCUT2D eigenvalue weighted by Crippen LogP contribution is 2.17. The van der Waals surface area contributed by atoms with Crippen LogP contribution in [-0.4, -0.2) is 20.2 Å². The molecular weight excluding hydrogens is 288 g/mol. The van der Waals surface area contributed by atoms with Crippen LogP contribution in [0.4, 0.5) is 0 Å². The molecule has 0 radical (unpaired) electrons. The molecule has 0 aliphatic carbocycles. The number of benzene rings is 1. The van der Waals surface area contributed by atoms with Gasteiger partial charge in [-0.1, -0.05) is 12.1 Å². The number of carbonyl (C=O) groups excluding carboxylic acids is 1. The first-order valence-corrected chi connectivity index (χ1v) is 7.71. The van der Waals surface area contributed by atoms with E-state index in [1.54, 1.807) is 26.0 Å². The van der Waals surface area contributed by atoms with Gasteiger partial charge in [0.1, 0.15) is 0 Å². The second-order valence-corrected chi connectivity index (χ2v) is 6.72. The van der Waals surface area contributed by atoms with Crippen LogP contribution in [0.15, 0.2) is 29.2 Å². The lowest BCUT2D eigenvalue weighted by atomic mass is 9.95. The Balaban J connectivity index is 2.68. The first kappa shape index (κ1) is 15.9. The quantitative estimate of drug-likeness (QED) is 0.801. The highest BCUT2D eigenvalue weighted by Gasteiger charge is 2.25. The number of hydrogen-bond donors (Lipinski definition) is 2. The lowest BCUT2D eigenvalue weighted by Crippen LogP contribution is -2.37. The van der Waals surface area contributed by atoms with E-state index in [2.05, 4.69) is 5.32 Å².